The zero-order valence-corrected chi connectivity index (χ0v) is 59.2. The average Bonchev–Trinajstić information content (AvgIpc) is 0.784. The van der Waals surface area contributed by atoms with Gasteiger partial charge in [0.25, 0.3) is 0 Å². The molecule has 558 valence electrons. The van der Waals surface area contributed by atoms with Crippen molar-refractivity contribution in [3.8, 4) is 0 Å². The fourth-order valence-corrected chi connectivity index (χ4v) is 11.4. The lowest BCUT2D eigenvalue weighted by Crippen LogP contribution is -2.66. The van der Waals surface area contributed by atoms with Crippen LogP contribution in [0.1, 0.15) is 213 Å². The van der Waals surface area contributed by atoms with Gasteiger partial charge in [-0.25, -0.2) is 0 Å². The Morgan fingerprint density at radius 3 is 1.14 bits per heavy atom. The van der Waals surface area contributed by atoms with Crippen LogP contribution in [0.5, 0.6) is 0 Å². The lowest BCUT2D eigenvalue weighted by atomic mass is 9.96. The summed E-state index contributed by atoms with van der Waals surface area (Å²) in [5.74, 6) is -0.353. The zero-order chi connectivity index (χ0) is 71.1. The van der Waals surface area contributed by atoms with Gasteiger partial charge in [0.2, 0.25) is 5.91 Å². The lowest BCUT2D eigenvalue weighted by Gasteiger charge is -2.48. The van der Waals surface area contributed by atoms with E-state index >= 15 is 0 Å². The van der Waals surface area contributed by atoms with Crippen molar-refractivity contribution in [2.45, 2.75) is 317 Å². The van der Waals surface area contributed by atoms with Gasteiger partial charge in [0.1, 0.15) is 73.2 Å². The van der Waals surface area contributed by atoms with Gasteiger partial charge in [-0.1, -0.05) is 243 Å². The molecule has 0 saturated carbocycles. The Labute approximate surface area is 587 Å². The van der Waals surface area contributed by atoms with Crippen LogP contribution in [0.3, 0.4) is 0 Å². The second kappa shape index (κ2) is 58.2. The summed E-state index contributed by atoms with van der Waals surface area (Å²) in [4.78, 5) is 13.4. The van der Waals surface area contributed by atoms with Crippen molar-refractivity contribution in [2.75, 3.05) is 26.4 Å². The van der Waals surface area contributed by atoms with E-state index in [1.54, 1.807) is 6.08 Å². The van der Waals surface area contributed by atoms with Gasteiger partial charge < -0.3 is 89.9 Å². The Kier molecular flexibility index (Phi) is 52.2. The highest BCUT2D eigenvalue weighted by Gasteiger charge is 2.53. The van der Waals surface area contributed by atoms with Gasteiger partial charge in [-0.15, -0.1) is 0 Å². The number of carbonyl (C=O) groups is 1. The van der Waals surface area contributed by atoms with Crippen LogP contribution in [-0.4, -0.2) is 193 Å². The van der Waals surface area contributed by atoms with Gasteiger partial charge in [0.15, 0.2) is 18.9 Å². The first kappa shape index (κ1) is 87.9. The minimum absolute atomic E-state index is 0.141. The fourth-order valence-electron chi connectivity index (χ4n) is 11.4. The molecule has 3 saturated heterocycles. The van der Waals surface area contributed by atoms with Crippen molar-refractivity contribution in [3.05, 3.63) is 146 Å². The molecule has 3 aliphatic rings. The summed E-state index contributed by atoms with van der Waals surface area (Å²) in [6.45, 7) is 1.54. The SMILES string of the molecule is CC/C=C\C/C=C\C/C=C\C/C=C\C/C=C\C/C=C\C/C=C\C/C=C\C/C=C\CCCC(=O)NC(COC1OC(CO)C(OC2OC(CO)C(OC3OC(CO)C(O)C(O)C3O)C(O)C2O)C(O)C1O)C(O)/C=C/CC/C=C/CC/C=C/CCCCCCCCCCCCCCCC. The monoisotopic (exact) mass is 1380 g/mol. The Morgan fingerprint density at radius 2 is 0.714 bits per heavy atom. The van der Waals surface area contributed by atoms with E-state index in [2.05, 4.69) is 147 Å². The van der Waals surface area contributed by atoms with Crippen molar-refractivity contribution >= 4 is 5.91 Å². The summed E-state index contributed by atoms with van der Waals surface area (Å²) in [6, 6.07) is -1.04. The van der Waals surface area contributed by atoms with E-state index in [4.69, 9.17) is 28.4 Å². The van der Waals surface area contributed by atoms with Crippen LogP contribution in [0.25, 0.3) is 0 Å². The van der Waals surface area contributed by atoms with Gasteiger partial charge in [0.05, 0.1) is 38.6 Å². The Bertz CT molecular complexity index is 2340. The molecule has 17 atom stereocenters. The molecule has 0 aromatic heterocycles. The maximum Gasteiger partial charge on any atom is 0.220 e. The minimum Gasteiger partial charge on any atom is -0.394 e. The zero-order valence-electron chi connectivity index (χ0n) is 59.2. The molecule has 12 N–H and O–H groups in total. The number of rotatable bonds is 55. The molecule has 3 aliphatic heterocycles. The van der Waals surface area contributed by atoms with Gasteiger partial charge in [-0.3, -0.25) is 4.79 Å². The molecule has 0 aromatic carbocycles. The molecule has 3 heterocycles. The first-order valence-corrected chi connectivity index (χ1v) is 37.1. The van der Waals surface area contributed by atoms with Crippen LogP contribution >= 0.6 is 0 Å². The normalized spacial score (nSPS) is 27.6. The number of unbranched alkanes of at least 4 members (excludes halogenated alkanes) is 17. The third kappa shape index (κ3) is 38.6. The summed E-state index contributed by atoms with van der Waals surface area (Å²) >= 11 is 0. The van der Waals surface area contributed by atoms with E-state index in [1.807, 2.05) is 12.2 Å². The first-order valence-electron chi connectivity index (χ1n) is 37.1. The van der Waals surface area contributed by atoms with E-state index < -0.39 is 131 Å². The molecule has 0 radical (unpaired) electrons. The predicted molar refractivity (Wildman–Crippen MR) is 387 cm³/mol. The number of aliphatic hydroxyl groups is 11. The number of ether oxygens (including phenoxy) is 6. The maximum absolute atomic E-state index is 13.4. The molecule has 0 aliphatic carbocycles. The summed E-state index contributed by atoms with van der Waals surface area (Å²) in [5, 5.41) is 121. The van der Waals surface area contributed by atoms with Crippen LogP contribution in [0.15, 0.2) is 146 Å². The van der Waals surface area contributed by atoms with Crippen molar-refractivity contribution in [1.82, 2.24) is 5.32 Å². The largest absolute Gasteiger partial charge is 0.394 e. The van der Waals surface area contributed by atoms with Crippen LogP contribution in [0.4, 0.5) is 0 Å². The van der Waals surface area contributed by atoms with Gasteiger partial charge in [-0.05, 0) is 109 Å². The smallest absolute Gasteiger partial charge is 0.220 e. The number of amides is 1. The number of aliphatic hydroxyl groups excluding tert-OH is 11. The molecule has 3 rings (SSSR count). The van der Waals surface area contributed by atoms with Crippen molar-refractivity contribution < 1.29 is 89.4 Å². The summed E-state index contributed by atoms with van der Waals surface area (Å²) in [7, 11) is 0. The number of hydrogen-bond acceptors (Lipinski definition) is 18. The highest BCUT2D eigenvalue weighted by Crippen LogP contribution is 2.33. The van der Waals surface area contributed by atoms with Crippen LogP contribution in [0, 0.1) is 0 Å². The van der Waals surface area contributed by atoms with Crippen molar-refractivity contribution in [2.24, 2.45) is 0 Å². The Balaban J connectivity index is 1.46. The third-order valence-electron chi connectivity index (χ3n) is 17.3. The van der Waals surface area contributed by atoms with Gasteiger partial charge in [0, 0.05) is 6.42 Å². The van der Waals surface area contributed by atoms with Crippen molar-refractivity contribution in [3.63, 3.8) is 0 Å². The number of hydrogen-bond donors (Lipinski definition) is 12. The van der Waals surface area contributed by atoms with Crippen molar-refractivity contribution in [1.29, 1.82) is 0 Å². The molecule has 0 spiro atoms. The summed E-state index contributed by atoms with van der Waals surface area (Å²) in [6.07, 6.45) is 56.8. The van der Waals surface area contributed by atoms with Crippen LogP contribution in [0.2, 0.25) is 0 Å². The fraction of sp³-hybridized carbons (Fsp3) is 0.684. The molecule has 0 aromatic rings. The second-order valence-corrected chi connectivity index (χ2v) is 25.6. The summed E-state index contributed by atoms with van der Waals surface area (Å²) < 4.78 is 34.3. The van der Waals surface area contributed by atoms with Gasteiger partial charge >= 0.3 is 0 Å². The maximum atomic E-state index is 13.4. The quantitative estimate of drug-likeness (QED) is 0.0199. The third-order valence-corrected chi connectivity index (χ3v) is 17.3. The van der Waals surface area contributed by atoms with E-state index in [0.717, 1.165) is 83.5 Å². The van der Waals surface area contributed by atoms with E-state index in [9.17, 15) is 61.0 Å². The topological polar surface area (TPSA) is 307 Å². The number of nitrogens with one attached hydrogen (secondary N) is 1. The molecule has 0 bridgehead atoms. The van der Waals surface area contributed by atoms with Crippen LogP contribution < -0.4 is 5.32 Å². The molecular weight excluding hydrogens is 1250 g/mol. The van der Waals surface area contributed by atoms with Gasteiger partial charge in [-0.2, -0.15) is 0 Å². The highest BCUT2D eigenvalue weighted by molar-refractivity contribution is 5.76. The average molecular weight is 1380 g/mol. The first-order chi connectivity index (χ1) is 47.8. The van der Waals surface area contributed by atoms with E-state index in [0.29, 0.717) is 19.3 Å². The van der Waals surface area contributed by atoms with E-state index in [-0.39, 0.29) is 12.3 Å². The molecule has 98 heavy (non-hydrogen) atoms. The highest BCUT2D eigenvalue weighted by atomic mass is 16.8. The molecule has 3 fully saturated rings. The number of carbonyl (C=O) groups excluding carboxylic acids is 1. The molecular formula is C79H129NO18. The predicted octanol–water partition coefficient (Wildman–Crippen LogP) is 11.1. The lowest BCUT2D eigenvalue weighted by molar-refractivity contribution is -0.379. The molecule has 19 heteroatoms. The second-order valence-electron chi connectivity index (χ2n) is 25.6. The molecule has 1 amide bonds. The Morgan fingerprint density at radius 1 is 0.378 bits per heavy atom. The molecule has 19 nitrogen and oxygen atoms in total. The summed E-state index contributed by atoms with van der Waals surface area (Å²) in [5.41, 5.74) is 0. The van der Waals surface area contributed by atoms with Crippen LogP contribution in [-0.2, 0) is 33.2 Å². The minimum atomic E-state index is -2.00. The standard InChI is InChI=1S/C79H129NO18/c1-3-5-7-9-11-13-15-17-19-21-23-25-27-29-30-31-32-33-35-37-39-41-43-45-47-49-51-53-55-57-67(85)80-62(63(84)56-54-52-50-48-46-44-42-40-38-36-34-28-26-24-22-20-18-16-14-12-10-8-6-4-2)61-93-77-73(91)70(88)75(65(59-82)95-77)98-79-74(92)71(89)76(66(60-83)96-79)97-78-72(90)69(87)68(86)64(58-81)94-78/h5,7,11,13,17,19,23,25,29-30,32-33,37-40,43,45-46,48-49,51,54,56,62-66,68-79,81-84,86-92H,3-4,6,8-10,12,14-16,18,20-22,24,26-28,31,34-36,41-42,44,47,50,52-53,55,57-61H2,1-2H3,(H,80,85)/b7-5-,13-11-,19-17-,25-23-,30-29-,33-32-,39-37-,40-38+,45-43-,48-46+,51-49-,56-54+. The number of allylic oxidation sites excluding steroid dienone is 23. The van der Waals surface area contributed by atoms with E-state index in [1.165, 1.54) is 89.9 Å². The Hall–Kier alpha value is -4.33. The molecule has 17 unspecified atom stereocenters.